The van der Waals surface area contributed by atoms with Gasteiger partial charge < -0.3 is 9.30 Å². The highest BCUT2D eigenvalue weighted by molar-refractivity contribution is 5.80. The van der Waals surface area contributed by atoms with E-state index in [1.165, 1.54) is 11.7 Å². The lowest BCUT2D eigenvalue weighted by Crippen LogP contribution is -2.41. The first-order valence-electron chi connectivity index (χ1n) is 13.7. The van der Waals surface area contributed by atoms with Crippen LogP contribution in [0, 0.1) is 0 Å². The van der Waals surface area contributed by atoms with Crippen LogP contribution < -0.4 is 11.2 Å². The maximum Gasteiger partial charge on any atom is 0.333 e. The predicted octanol–water partition coefficient (Wildman–Crippen LogP) is 3.18. The van der Waals surface area contributed by atoms with Crippen molar-refractivity contribution in [2.45, 2.75) is 59.2 Å². The van der Waals surface area contributed by atoms with Crippen LogP contribution in [-0.2, 0) is 35.6 Å². The molecule has 3 heterocycles. The number of H-pyrrole nitrogens is 1. The third-order valence-corrected chi connectivity index (χ3v) is 7.15. The number of carbonyl (C=O) groups excluding carboxylic acids is 1. The Bertz CT molecular complexity index is 1780. The van der Waals surface area contributed by atoms with Gasteiger partial charge in [0.25, 0.3) is 5.56 Å². The number of hydrogen-bond donors (Lipinski definition) is 1. The topological polar surface area (TPSA) is 143 Å². The van der Waals surface area contributed by atoms with E-state index in [1.54, 1.807) is 6.92 Å². The lowest BCUT2D eigenvalue weighted by Gasteiger charge is -2.13. The van der Waals surface area contributed by atoms with Crippen LogP contribution in [0.15, 0.2) is 58.1 Å². The van der Waals surface area contributed by atoms with Gasteiger partial charge in [-0.15, -0.1) is 10.2 Å². The van der Waals surface area contributed by atoms with E-state index in [0.29, 0.717) is 30.1 Å². The summed E-state index contributed by atoms with van der Waals surface area (Å²) in [5.74, 6) is 0.619. The van der Waals surface area contributed by atoms with Gasteiger partial charge in [0.05, 0.1) is 7.11 Å². The van der Waals surface area contributed by atoms with Gasteiger partial charge in [0.1, 0.15) is 12.4 Å². The molecule has 0 bridgehead atoms. The Labute approximate surface area is 235 Å². The molecule has 0 saturated heterocycles. The maximum atomic E-state index is 13.6. The van der Waals surface area contributed by atoms with Crippen molar-refractivity contribution in [3.05, 3.63) is 80.8 Å². The summed E-state index contributed by atoms with van der Waals surface area (Å²) in [5, 5.41) is 14.4. The van der Waals surface area contributed by atoms with Crippen molar-refractivity contribution in [2.75, 3.05) is 7.11 Å². The zero-order valence-electron chi connectivity index (χ0n) is 23.3. The Kier molecular flexibility index (Phi) is 8.18. The third kappa shape index (κ3) is 5.45. The minimum absolute atomic E-state index is 0.166. The molecule has 12 heteroatoms. The number of esters is 1. The summed E-state index contributed by atoms with van der Waals surface area (Å²) in [4.78, 5) is 43.7. The van der Waals surface area contributed by atoms with Crippen LogP contribution in [0.3, 0.4) is 0 Å². The second-order valence-electron chi connectivity index (χ2n) is 9.72. The second-order valence-corrected chi connectivity index (χ2v) is 9.72. The van der Waals surface area contributed by atoms with Gasteiger partial charge in [-0.25, -0.2) is 9.78 Å². The van der Waals surface area contributed by atoms with Crippen LogP contribution in [0.4, 0.5) is 0 Å². The summed E-state index contributed by atoms with van der Waals surface area (Å²) < 4.78 is 9.08. The van der Waals surface area contributed by atoms with Crippen molar-refractivity contribution < 1.29 is 9.53 Å². The van der Waals surface area contributed by atoms with Crippen molar-refractivity contribution >= 4 is 17.1 Å². The SMILES string of the molecule is CCCCCc1nc2c(c(=O)n(CC)c(=O)n2CC(=O)OC)n1Cc1ccc(-c2ccccc2-c2nn[nH]n2)cc1. The van der Waals surface area contributed by atoms with Gasteiger partial charge in [-0.05, 0) is 35.2 Å². The molecule has 0 aliphatic heterocycles. The van der Waals surface area contributed by atoms with E-state index >= 15 is 0 Å². The summed E-state index contributed by atoms with van der Waals surface area (Å²) in [6.07, 6.45) is 3.56. The number of unbranched alkanes of at least 4 members (excludes halogenated alkanes) is 2. The van der Waals surface area contributed by atoms with Crippen molar-refractivity contribution in [1.29, 1.82) is 0 Å². The molecule has 5 aromatic rings. The van der Waals surface area contributed by atoms with Crippen molar-refractivity contribution in [3.63, 3.8) is 0 Å². The molecule has 1 N–H and O–H groups in total. The first-order valence-corrected chi connectivity index (χ1v) is 13.7. The van der Waals surface area contributed by atoms with Crippen LogP contribution in [-0.4, -0.2) is 52.4 Å². The third-order valence-electron chi connectivity index (χ3n) is 7.15. The Morgan fingerprint density at radius 3 is 2.37 bits per heavy atom. The first-order chi connectivity index (χ1) is 20.0. The molecule has 0 radical (unpaired) electrons. The number of nitrogens with one attached hydrogen (secondary N) is 1. The van der Waals surface area contributed by atoms with E-state index < -0.39 is 17.2 Å². The largest absolute Gasteiger partial charge is 0.468 e. The smallest absolute Gasteiger partial charge is 0.333 e. The van der Waals surface area contributed by atoms with Gasteiger partial charge in [-0.3, -0.25) is 18.7 Å². The van der Waals surface area contributed by atoms with E-state index in [9.17, 15) is 14.4 Å². The number of aromatic nitrogens is 8. The summed E-state index contributed by atoms with van der Waals surface area (Å²) in [5.41, 5.74) is 3.25. The number of benzene rings is 2. The van der Waals surface area contributed by atoms with E-state index in [0.717, 1.165) is 46.1 Å². The molecule has 0 saturated carbocycles. The van der Waals surface area contributed by atoms with E-state index in [4.69, 9.17) is 9.72 Å². The molecule has 0 amide bonds. The average molecular weight is 557 g/mol. The number of imidazole rings is 1. The van der Waals surface area contributed by atoms with Gasteiger partial charge in [0.15, 0.2) is 11.2 Å². The van der Waals surface area contributed by atoms with Crippen LogP contribution >= 0.6 is 0 Å². The average Bonchev–Trinajstić information content (AvgIpc) is 3.65. The fourth-order valence-electron chi connectivity index (χ4n) is 5.02. The Morgan fingerprint density at radius 2 is 1.71 bits per heavy atom. The highest BCUT2D eigenvalue weighted by Crippen LogP contribution is 2.30. The summed E-state index contributed by atoms with van der Waals surface area (Å²) in [6.45, 7) is 4.06. The van der Waals surface area contributed by atoms with Crippen molar-refractivity contribution in [1.82, 2.24) is 39.3 Å². The van der Waals surface area contributed by atoms with Gasteiger partial charge in [0.2, 0.25) is 5.82 Å². The number of fused-ring (bicyclic) bond motifs is 1. The highest BCUT2D eigenvalue weighted by atomic mass is 16.5. The standard InChI is InChI=1S/C29H32N8O4/c1-4-6-7-12-23-30-27-25(28(39)35(5-2)29(40)37(27)18-24(38)41-3)36(23)17-19-13-15-20(16-14-19)21-10-8-9-11-22(21)26-31-33-34-32-26/h8-11,13-16H,4-7,12,17-18H2,1-3H3,(H,31,32,33,34). The molecule has 0 aliphatic rings. The number of tetrazole rings is 1. The molecule has 0 aliphatic carbocycles. The maximum absolute atomic E-state index is 13.6. The minimum atomic E-state index is -0.589. The molecule has 2 aromatic carbocycles. The number of carbonyl (C=O) groups is 1. The molecule has 0 atom stereocenters. The van der Waals surface area contributed by atoms with E-state index in [1.807, 2.05) is 53.1 Å². The number of aryl methyl sites for hydroxylation is 1. The molecular weight excluding hydrogens is 524 g/mol. The Hall–Kier alpha value is -4.87. The number of aromatic amines is 1. The highest BCUT2D eigenvalue weighted by Gasteiger charge is 2.23. The molecule has 3 aromatic heterocycles. The van der Waals surface area contributed by atoms with E-state index in [-0.39, 0.29) is 18.7 Å². The van der Waals surface area contributed by atoms with Crippen LogP contribution in [0.2, 0.25) is 0 Å². The lowest BCUT2D eigenvalue weighted by atomic mass is 9.98. The number of methoxy groups -OCH3 is 1. The fraction of sp³-hybridized carbons (Fsp3) is 0.345. The van der Waals surface area contributed by atoms with Gasteiger partial charge in [0, 0.05) is 25.1 Å². The number of nitrogens with zero attached hydrogens (tertiary/aromatic N) is 7. The van der Waals surface area contributed by atoms with Crippen LogP contribution in [0.1, 0.15) is 44.5 Å². The molecule has 41 heavy (non-hydrogen) atoms. The zero-order chi connectivity index (χ0) is 28.9. The predicted molar refractivity (Wildman–Crippen MR) is 153 cm³/mol. The molecule has 0 unspecified atom stereocenters. The monoisotopic (exact) mass is 556 g/mol. The Balaban J connectivity index is 1.59. The van der Waals surface area contributed by atoms with Gasteiger partial charge in [-0.1, -0.05) is 68.3 Å². The Morgan fingerprint density at radius 1 is 0.951 bits per heavy atom. The zero-order valence-corrected chi connectivity index (χ0v) is 23.3. The van der Waals surface area contributed by atoms with E-state index in [2.05, 4.69) is 27.5 Å². The van der Waals surface area contributed by atoms with Gasteiger partial charge in [-0.2, -0.15) is 5.21 Å². The van der Waals surface area contributed by atoms with Crippen molar-refractivity contribution in [2.24, 2.45) is 0 Å². The molecule has 5 rings (SSSR count). The number of hydrogen-bond acceptors (Lipinski definition) is 8. The number of rotatable bonds is 11. The van der Waals surface area contributed by atoms with Crippen molar-refractivity contribution in [3.8, 4) is 22.5 Å². The van der Waals surface area contributed by atoms with Gasteiger partial charge >= 0.3 is 11.7 Å². The normalized spacial score (nSPS) is 11.3. The summed E-state index contributed by atoms with van der Waals surface area (Å²) in [7, 11) is 1.26. The summed E-state index contributed by atoms with van der Waals surface area (Å²) in [6, 6.07) is 15.9. The quantitative estimate of drug-likeness (QED) is 0.193. The second kappa shape index (κ2) is 12.1. The molecule has 212 valence electrons. The molecule has 0 fully saturated rings. The first kappa shape index (κ1) is 27.7. The molecule has 0 spiro atoms. The minimum Gasteiger partial charge on any atom is -0.468 e. The fourth-order valence-corrected chi connectivity index (χ4v) is 5.02. The lowest BCUT2D eigenvalue weighted by molar-refractivity contribution is -0.141. The molecule has 12 nitrogen and oxygen atoms in total. The summed E-state index contributed by atoms with van der Waals surface area (Å²) >= 11 is 0. The molecular formula is C29H32N8O4. The number of ether oxygens (including phenoxy) is 1. The van der Waals surface area contributed by atoms with Crippen LogP contribution in [0.5, 0.6) is 0 Å². The van der Waals surface area contributed by atoms with Crippen LogP contribution in [0.25, 0.3) is 33.7 Å².